The van der Waals surface area contributed by atoms with E-state index in [2.05, 4.69) is 10.2 Å². The number of halogens is 2. The normalized spacial score (nSPS) is 20.5. The molecule has 6 heteroatoms. The number of carbonyl (C=O) groups is 1. The number of rotatable bonds is 2. The lowest BCUT2D eigenvalue weighted by Gasteiger charge is -2.40. The number of hydrogen-bond acceptors (Lipinski definition) is 2. The fourth-order valence-electron chi connectivity index (χ4n) is 3.51. The Labute approximate surface area is 135 Å². The number of carbonyl (C=O) groups excluding carboxylic acids is 1. The van der Waals surface area contributed by atoms with Crippen molar-refractivity contribution in [2.24, 2.45) is 0 Å². The van der Waals surface area contributed by atoms with Gasteiger partial charge in [-0.05, 0) is 25.0 Å². The van der Waals surface area contributed by atoms with Crippen LogP contribution in [0.15, 0.2) is 18.2 Å². The van der Waals surface area contributed by atoms with E-state index in [1.54, 1.807) is 4.90 Å². The number of nitrogens with one attached hydrogen (secondary N) is 1. The molecule has 23 heavy (non-hydrogen) atoms. The van der Waals surface area contributed by atoms with E-state index in [1.165, 1.54) is 38.2 Å². The summed E-state index contributed by atoms with van der Waals surface area (Å²) in [5.41, 5.74) is 0.281. The van der Waals surface area contributed by atoms with Crippen LogP contribution in [-0.4, -0.2) is 48.1 Å². The van der Waals surface area contributed by atoms with Gasteiger partial charge in [0.2, 0.25) is 0 Å². The molecule has 2 aliphatic rings. The first-order valence-electron chi connectivity index (χ1n) is 8.38. The Morgan fingerprint density at radius 2 is 1.70 bits per heavy atom. The number of benzene rings is 1. The van der Waals surface area contributed by atoms with Gasteiger partial charge < -0.3 is 10.2 Å². The zero-order chi connectivity index (χ0) is 16.2. The van der Waals surface area contributed by atoms with Gasteiger partial charge in [-0.2, -0.15) is 0 Å². The first-order chi connectivity index (χ1) is 11.1. The summed E-state index contributed by atoms with van der Waals surface area (Å²) in [7, 11) is 0. The number of anilines is 1. The minimum atomic E-state index is -0.954. The molecule has 0 aromatic heterocycles. The zero-order valence-corrected chi connectivity index (χ0v) is 13.2. The largest absolute Gasteiger partial charge is 0.322 e. The average Bonchev–Trinajstić information content (AvgIpc) is 2.59. The van der Waals surface area contributed by atoms with Gasteiger partial charge in [-0.15, -0.1) is 0 Å². The third-order valence-corrected chi connectivity index (χ3v) is 4.86. The number of urea groups is 1. The molecule has 2 amide bonds. The van der Waals surface area contributed by atoms with E-state index in [0.717, 1.165) is 25.2 Å². The minimum Gasteiger partial charge on any atom is -0.322 e. The van der Waals surface area contributed by atoms with Crippen molar-refractivity contribution in [3.63, 3.8) is 0 Å². The highest BCUT2D eigenvalue weighted by Crippen LogP contribution is 2.23. The van der Waals surface area contributed by atoms with Crippen LogP contribution in [0.3, 0.4) is 0 Å². The van der Waals surface area contributed by atoms with Crippen molar-refractivity contribution >= 4 is 11.7 Å². The van der Waals surface area contributed by atoms with E-state index in [9.17, 15) is 13.6 Å². The number of hydrogen-bond donors (Lipinski definition) is 1. The van der Waals surface area contributed by atoms with E-state index in [4.69, 9.17) is 0 Å². The summed E-state index contributed by atoms with van der Waals surface area (Å²) in [4.78, 5) is 16.5. The Morgan fingerprint density at radius 3 is 2.35 bits per heavy atom. The number of nitrogens with zero attached hydrogens (tertiary/aromatic N) is 2. The van der Waals surface area contributed by atoms with Crippen LogP contribution < -0.4 is 5.32 Å². The van der Waals surface area contributed by atoms with Gasteiger partial charge in [-0.25, -0.2) is 13.6 Å². The molecule has 1 aromatic rings. The van der Waals surface area contributed by atoms with Gasteiger partial charge in [0.05, 0.1) is 0 Å². The van der Waals surface area contributed by atoms with Gasteiger partial charge in [0, 0.05) is 44.0 Å². The molecule has 1 saturated carbocycles. The van der Waals surface area contributed by atoms with Crippen LogP contribution in [0.1, 0.15) is 32.1 Å². The molecule has 1 heterocycles. The topological polar surface area (TPSA) is 35.6 Å². The maximum absolute atomic E-state index is 13.2. The van der Waals surface area contributed by atoms with Gasteiger partial charge in [0.15, 0.2) is 11.6 Å². The number of piperazine rings is 1. The fraction of sp³-hybridized carbons (Fsp3) is 0.588. The summed E-state index contributed by atoms with van der Waals surface area (Å²) in [6.45, 7) is 3.11. The molecule has 0 radical (unpaired) electrons. The molecule has 0 atom stereocenters. The molecule has 126 valence electrons. The lowest BCUT2D eigenvalue weighted by atomic mass is 9.94. The van der Waals surface area contributed by atoms with E-state index in [-0.39, 0.29) is 11.7 Å². The second kappa shape index (κ2) is 7.25. The van der Waals surface area contributed by atoms with Crippen molar-refractivity contribution in [1.29, 1.82) is 0 Å². The van der Waals surface area contributed by atoms with Crippen molar-refractivity contribution in [2.45, 2.75) is 38.1 Å². The van der Waals surface area contributed by atoms with Crippen LogP contribution in [0.5, 0.6) is 0 Å². The molecule has 1 aliphatic heterocycles. The fourth-order valence-corrected chi connectivity index (χ4v) is 3.51. The SMILES string of the molecule is O=C(Nc1ccc(F)c(F)c1)N1CCN(C2CCCCC2)CC1. The molecule has 0 spiro atoms. The Kier molecular flexibility index (Phi) is 5.10. The van der Waals surface area contributed by atoms with Crippen LogP contribution in [0, 0.1) is 11.6 Å². The Morgan fingerprint density at radius 1 is 1.00 bits per heavy atom. The zero-order valence-electron chi connectivity index (χ0n) is 13.2. The molecular formula is C17H23F2N3O. The van der Waals surface area contributed by atoms with Crippen LogP contribution in [0.25, 0.3) is 0 Å². The van der Waals surface area contributed by atoms with Gasteiger partial charge >= 0.3 is 6.03 Å². The first-order valence-corrected chi connectivity index (χ1v) is 8.38. The second-order valence-corrected chi connectivity index (χ2v) is 6.37. The highest BCUT2D eigenvalue weighted by atomic mass is 19.2. The van der Waals surface area contributed by atoms with Gasteiger partial charge in [-0.3, -0.25) is 4.90 Å². The minimum absolute atomic E-state index is 0.251. The van der Waals surface area contributed by atoms with Gasteiger partial charge in [0.25, 0.3) is 0 Å². The summed E-state index contributed by atoms with van der Waals surface area (Å²) in [6, 6.07) is 3.81. The molecule has 1 aromatic carbocycles. The van der Waals surface area contributed by atoms with E-state index in [1.807, 2.05) is 0 Å². The van der Waals surface area contributed by atoms with Crippen molar-refractivity contribution in [3.8, 4) is 0 Å². The third-order valence-electron chi connectivity index (χ3n) is 4.86. The molecule has 1 aliphatic carbocycles. The van der Waals surface area contributed by atoms with Gasteiger partial charge in [0.1, 0.15) is 0 Å². The molecule has 2 fully saturated rings. The van der Waals surface area contributed by atoms with Crippen LogP contribution in [0.2, 0.25) is 0 Å². The van der Waals surface area contributed by atoms with Crippen LogP contribution in [0.4, 0.5) is 19.3 Å². The van der Waals surface area contributed by atoms with Crippen LogP contribution >= 0.6 is 0 Å². The molecule has 3 rings (SSSR count). The summed E-state index contributed by atoms with van der Waals surface area (Å²) < 4.78 is 26.1. The highest BCUT2D eigenvalue weighted by molar-refractivity contribution is 5.89. The van der Waals surface area contributed by atoms with Crippen molar-refractivity contribution in [2.75, 3.05) is 31.5 Å². The van der Waals surface area contributed by atoms with Crippen molar-refractivity contribution in [1.82, 2.24) is 9.80 Å². The summed E-state index contributed by atoms with van der Waals surface area (Å²) in [5, 5.41) is 2.64. The van der Waals surface area contributed by atoms with Gasteiger partial charge in [-0.1, -0.05) is 19.3 Å². The summed E-state index contributed by atoms with van der Waals surface area (Å²) in [6.07, 6.45) is 6.48. The van der Waals surface area contributed by atoms with Crippen molar-refractivity contribution in [3.05, 3.63) is 29.8 Å². The predicted octanol–water partition coefficient (Wildman–Crippen LogP) is 3.45. The number of amides is 2. The van der Waals surface area contributed by atoms with E-state index >= 15 is 0 Å². The monoisotopic (exact) mass is 323 g/mol. The predicted molar refractivity (Wildman–Crippen MR) is 85.4 cm³/mol. The van der Waals surface area contributed by atoms with E-state index in [0.29, 0.717) is 19.1 Å². The maximum Gasteiger partial charge on any atom is 0.321 e. The van der Waals surface area contributed by atoms with Crippen LogP contribution in [-0.2, 0) is 0 Å². The standard InChI is InChI=1S/C17H23F2N3O/c18-15-7-6-13(12-16(15)19)20-17(23)22-10-8-21(9-11-22)14-4-2-1-3-5-14/h6-7,12,14H,1-5,8-11H2,(H,20,23). The Hall–Kier alpha value is -1.69. The molecule has 0 bridgehead atoms. The lowest BCUT2D eigenvalue weighted by Crippen LogP contribution is -2.53. The highest BCUT2D eigenvalue weighted by Gasteiger charge is 2.27. The van der Waals surface area contributed by atoms with E-state index < -0.39 is 11.6 Å². The maximum atomic E-state index is 13.2. The summed E-state index contributed by atoms with van der Waals surface area (Å²) in [5.74, 6) is -1.87. The molecular weight excluding hydrogens is 300 g/mol. The summed E-state index contributed by atoms with van der Waals surface area (Å²) >= 11 is 0. The quantitative estimate of drug-likeness (QED) is 0.905. The lowest BCUT2D eigenvalue weighted by molar-refractivity contribution is 0.0943. The third kappa shape index (κ3) is 3.99. The molecule has 4 nitrogen and oxygen atoms in total. The average molecular weight is 323 g/mol. The molecule has 1 saturated heterocycles. The Balaban J connectivity index is 1.50. The molecule has 0 unspecified atom stereocenters. The smallest absolute Gasteiger partial charge is 0.321 e. The second-order valence-electron chi connectivity index (χ2n) is 6.37. The van der Waals surface area contributed by atoms with Crippen molar-refractivity contribution < 1.29 is 13.6 Å². The molecule has 1 N–H and O–H groups in total. The first kappa shape index (κ1) is 16.2. The Bertz CT molecular complexity index is 553.